The topological polar surface area (TPSA) is 76.7 Å². The first-order valence-electron chi connectivity index (χ1n) is 8.34. The maximum atomic E-state index is 12.9. The molecule has 8 heteroatoms. The molecule has 2 rings (SSSR count). The molecule has 1 atom stereocenters. The van der Waals surface area contributed by atoms with E-state index in [1.807, 2.05) is 31.2 Å². The predicted octanol–water partition coefficient (Wildman–Crippen LogP) is 2.93. The first-order chi connectivity index (χ1) is 13.0. The molecule has 1 unspecified atom stereocenters. The number of thioether (sulfide) groups is 1. The van der Waals surface area contributed by atoms with E-state index in [4.69, 9.17) is 9.47 Å². The fraction of sp³-hybridized carbons (Fsp3) is 0.263. The van der Waals surface area contributed by atoms with Crippen LogP contribution in [0.4, 0.5) is 4.39 Å². The van der Waals surface area contributed by atoms with Gasteiger partial charge < -0.3 is 9.47 Å². The molecule has 0 aromatic heterocycles. The van der Waals surface area contributed by atoms with Crippen LogP contribution >= 0.6 is 11.8 Å². The Morgan fingerprint density at radius 1 is 1.04 bits per heavy atom. The van der Waals surface area contributed by atoms with Crippen molar-refractivity contribution in [2.24, 2.45) is 0 Å². The average Bonchev–Trinajstić information content (AvgIpc) is 2.67. The van der Waals surface area contributed by atoms with Crippen molar-refractivity contribution in [3.05, 3.63) is 54.3 Å². The molecule has 2 N–H and O–H groups in total. The van der Waals surface area contributed by atoms with Crippen molar-refractivity contribution in [2.75, 3.05) is 12.4 Å². The predicted molar refractivity (Wildman–Crippen MR) is 101 cm³/mol. The number of carbonyl (C=O) groups is 2. The summed E-state index contributed by atoms with van der Waals surface area (Å²) >= 11 is 1.33. The number of rotatable bonds is 8. The summed E-state index contributed by atoms with van der Waals surface area (Å²) in [5, 5.41) is 0. The number of amides is 2. The van der Waals surface area contributed by atoms with Gasteiger partial charge in [0.1, 0.15) is 17.3 Å². The average molecular weight is 392 g/mol. The highest BCUT2D eigenvalue weighted by Gasteiger charge is 2.15. The van der Waals surface area contributed by atoms with Crippen LogP contribution in [0.25, 0.3) is 0 Å². The van der Waals surface area contributed by atoms with Gasteiger partial charge in [-0.1, -0.05) is 0 Å². The van der Waals surface area contributed by atoms with Crippen molar-refractivity contribution >= 4 is 23.6 Å². The van der Waals surface area contributed by atoms with Gasteiger partial charge in [-0.25, -0.2) is 4.39 Å². The Labute approximate surface area is 161 Å². The van der Waals surface area contributed by atoms with Crippen LogP contribution in [0.2, 0.25) is 0 Å². The number of hydrazine groups is 1. The summed E-state index contributed by atoms with van der Waals surface area (Å²) in [4.78, 5) is 24.7. The second-order valence-electron chi connectivity index (χ2n) is 5.44. The summed E-state index contributed by atoms with van der Waals surface area (Å²) in [5.41, 5.74) is 4.64. The normalized spacial score (nSPS) is 11.4. The van der Waals surface area contributed by atoms with Crippen molar-refractivity contribution in [1.82, 2.24) is 10.9 Å². The van der Waals surface area contributed by atoms with Crippen LogP contribution in [0.15, 0.2) is 53.4 Å². The van der Waals surface area contributed by atoms with Gasteiger partial charge in [-0.3, -0.25) is 20.4 Å². The van der Waals surface area contributed by atoms with E-state index >= 15 is 0 Å². The Balaban J connectivity index is 1.70. The molecule has 2 amide bonds. The maximum absolute atomic E-state index is 12.9. The van der Waals surface area contributed by atoms with E-state index in [-0.39, 0.29) is 11.7 Å². The molecular weight excluding hydrogens is 371 g/mol. The summed E-state index contributed by atoms with van der Waals surface area (Å²) in [6, 6.07) is 12.7. The highest BCUT2D eigenvalue weighted by atomic mass is 32.2. The lowest BCUT2D eigenvalue weighted by Crippen LogP contribution is -2.47. The number of benzene rings is 2. The first kappa shape index (κ1) is 20.6. The molecule has 0 heterocycles. The molecule has 0 saturated heterocycles. The Morgan fingerprint density at radius 2 is 1.67 bits per heavy atom. The molecule has 144 valence electrons. The minimum absolute atomic E-state index is 0.140. The fourth-order valence-corrected chi connectivity index (χ4v) is 2.69. The van der Waals surface area contributed by atoms with Gasteiger partial charge in [0, 0.05) is 4.90 Å². The zero-order chi connectivity index (χ0) is 19.6. The van der Waals surface area contributed by atoms with Gasteiger partial charge in [-0.15, -0.1) is 11.8 Å². The molecule has 6 nitrogen and oxygen atoms in total. The van der Waals surface area contributed by atoms with E-state index in [1.54, 1.807) is 0 Å². The van der Waals surface area contributed by atoms with Gasteiger partial charge in [0.25, 0.3) is 5.91 Å². The van der Waals surface area contributed by atoms with Crippen LogP contribution in [0.3, 0.4) is 0 Å². The second-order valence-corrected chi connectivity index (χ2v) is 6.49. The highest BCUT2D eigenvalue weighted by molar-refractivity contribution is 8.00. The van der Waals surface area contributed by atoms with Gasteiger partial charge in [0.05, 0.1) is 12.4 Å². The minimum Gasteiger partial charge on any atom is -0.494 e. The molecule has 0 spiro atoms. The first-order valence-corrected chi connectivity index (χ1v) is 9.33. The lowest BCUT2D eigenvalue weighted by molar-refractivity contribution is -0.131. The Morgan fingerprint density at radius 3 is 2.30 bits per heavy atom. The van der Waals surface area contributed by atoms with Crippen molar-refractivity contribution in [3.63, 3.8) is 0 Å². The van der Waals surface area contributed by atoms with Crippen LogP contribution in [-0.4, -0.2) is 30.3 Å². The molecule has 2 aromatic rings. The molecule has 0 saturated carbocycles. The monoisotopic (exact) mass is 392 g/mol. The van der Waals surface area contributed by atoms with Crippen molar-refractivity contribution in [2.45, 2.75) is 24.8 Å². The number of hydrogen-bond donors (Lipinski definition) is 2. The SMILES string of the molecule is CCOc1ccc(SCC(=O)NNC(=O)C(C)Oc2ccc(F)cc2)cc1. The second kappa shape index (κ2) is 10.4. The molecule has 0 fully saturated rings. The molecule has 0 aliphatic carbocycles. The molecule has 0 bridgehead atoms. The highest BCUT2D eigenvalue weighted by Crippen LogP contribution is 2.21. The van der Waals surface area contributed by atoms with Crippen molar-refractivity contribution < 1.29 is 23.5 Å². The van der Waals surface area contributed by atoms with E-state index in [0.29, 0.717) is 12.4 Å². The van der Waals surface area contributed by atoms with Crippen molar-refractivity contribution in [1.29, 1.82) is 0 Å². The number of carbonyl (C=O) groups excluding carboxylic acids is 2. The van der Waals surface area contributed by atoms with Crippen LogP contribution in [0.5, 0.6) is 11.5 Å². The summed E-state index contributed by atoms with van der Waals surface area (Å²) in [7, 11) is 0. The summed E-state index contributed by atoms with van der Waals surface area (Å²) < 4.78 is 23.6. The van der Waals surface area contributed by atoms with Gasteiger partial charge in [0.15, 0.2) is 6.10 Å². The molecule has 0 aliphatic heterocycles. The van der Waals surface area contributed by atoms with Gasteiger partial charge in [-0.2, -0.15) is 0 Å². The number of halogens is 1. The third-order valence-corrected chi connectivity index (χ3v) is 4.34. The zero-order valence-electron chi connectivity index (χ0n) is 15.0. The summed E-state index contributed by atoms with van der Waals surface area (Å²) in [6.45, 7) is 4.03. The van der Waals surface area contributed by atoms with E-state index in [2.05, 4.69) is 10.9 Å². The molecule has 0 aliphatic rings. The summed E-state index contributed by atoms with van der Waals surface area (Å²) in [5.74, 6) is 0.0124. The number of nitrogens with one attached hydrogen (secondary N) is 2. The largest absolute Gasteiger partial charge is 0.494 e. The van der Waals surface area contributed by atoms with Crippen LogP contribution in [0, 0.1) is 5.82 Å². The van der Waals surface area contributed by atoms with Crippen LogP contribution < -0.4 is 20.3 Å². The van der Waals surface area contributed by atoms with Gasteiger partial charge in [0.2, 0.25) is 5.91 Å². The number of hydrogen-bond acceptors (Lipinski definition) is 5. The van der Waals surface area contributed by atoms with Crippen LogP contribution in [-0.2, 0) is 9.59 Å². The molecule has 2 aromatic carbocycles. The Kier molecular flexibility index (Phi) is 7.94. The van der Waals surface area contributed by atoms with Gasteiger partial charge >= 0.3 is 0 Å². The van der Waals surface area contributed by atoms with Crippen molar-refractivity contribution in [3.8, 4) is 11.5 Å². The third kappa shape index (κ3) is 7.18. The smallest absolute Gasteiger partial charge is 0.279 e. The Bertz CT molecular complexity index is 753. The molecular formula is C19H21FN2O4S. The standard InChI is InChI=1S/C19H21FN2O4S/c1-3-25-15-8-10-17(11-9-15)27-12-18(23)21-22-19(24)13(2)26-16-6-4-14(20)5-7-16/h4-11,13H,3,12H2,1-2H3,(H,21,23)(H,22,24). The molecule has 0 radical (unpaired) electrons. The fourth-order valence-electron chi connectivity index (χ4n) is 1.99. The Hall–Kier alpha value is -2.74. The van der Waals surface area contributed by atoms with E-state index < -0.39 is 17.8 Å². The van der Waals surface area contributed by atoms with E-state index in [1.165, 1.54) is 43.0 Å². The minimum atomic E-state index is -0.852. The number of ether oxygens (including phenoxy) is 2. The maximum Gasteiger partial charge on any atom is 0.279 e. The van der Waals surface area contributed by atoms with Gasteiger partial charge in [-0.05, 0) is 62.4 Å². The van der Waals surface area contributed by atoms with E-state index in [9.17, 15) is 14.0 Å². The third-order valence-electron chi connectivity index (χ3n) is 3.33. The lowest BCUT2D eigenvalue weighted by atomic mass is 10.3. The van der Waals surface area contributed by atoms with Crippen LogP contribution in [0.1, 0.15) is 13.8 Å². The van der Waals surface area contributed by atoms with E-state index in [0.717, 1.165) is 10.6 Å². The quantitative estimate of drug-likeness (QED) is 0.534. The zero-order valence-corrected chi connectivity index (χ0v) is 15.8. The lowest BCUT2D eigenvalue weighted by Gasteiger charge is -2.15. The molecule has 27 heavy (non-hydrogen) atoms. The summed E-state index contributed by atoms with van der Waals surface area (Å²) in [6.07, 6.45) is -0.852.